The van der Waals surface area contributed by atoms with Crippen LogP contribution in [0, 0.1) is 5.82 Å². The molecule has 0 heterocycles. The molecule has 0 N–H and O–H groups in total. The summed E-state index contributed by atoms with van der Waals surface area (Å²) < 4.78 is 23.6. The molecule has 0 aliphatic rings. The molecular formula is C23H19FO3S. The second-order valence-corrected chi connectivity index (χ2v) is 7.01. The highest BCUT2D eigenvalue weighted by molar-refractivity contribution is 8.04. The van der Waals surface area contributed by atoms with Gasteiger partial charge in [0.25, 0.3) is 0 Å². The fourth-order valence-electron chi connectivity index (χ4n) is 2.51. The van der Waals surface area contributed by atoms with Gasteiger partial charge in [0.2, 0.25) is 0 Å². The van der Waals surface area contributed by atoms with Gasteiger partial charge < -0.3 is 9.47 Å². The van der Waals surface area contributed by atoms with Gasteiger partial charge in [0, 0.05) is 10.5 Å². The summed E-state index contributed by atoms with van der Waals surface area (Å²) >= 11 is 1.30. The number of ketones is 1. The average Bonchev–Trinajstić information content (AvgIpc) is 2.75. The highest BCUT2D eigenvalue weighted by Crippen LogP contribution is 2.32. The zero-order valence-electron chi connectivity index (χ0n) is 15.5. The van der Waals surface area contributed by atoms with Crippen molar-refractivity contribution in [2.75, 3.05) is 14.2 Å². The van der Waals surface area contributed by atoms with E-state index in [-0.39, 0.29) is 11.6 Å². The molecule has 142 valence electrons. The van der Waals surface area contributed by atoms with Crippen LogP contribution in [0.4, 0.5) is 4.39 Å². The summed E-state index contributed by atoms with van der Waals surface area (Å²) in [4.78, 5) is 14.4. The largest absolute Gasteiger partial charge is 0.497 e. The van der Waals surface area contributed by atoms with Gasteiger partial charge in [0.15, 0.2) is 5.78 Å². The van der Waals surface area contributed by atoms with E-state index in [2.05, 4.69) is 0 Å². The van der Waals surface area contributed by atoms with Gasteiger partial charge in [-0.1, -0.05) is 23.9 Å². The Balaban J connectivity index is 1.95. The molecule has 0 unspecified atom stereocenters. The molecule has 5 heteroatoms. The van der Waals surface area contributed by atoms with Gasteiger partial charge in [0.1, 0.15) is 17.3 Å². The summed E-state index contributed by atoms with van der Waals surface area (Å²) in [7, 11) is 3.18. The number of ether oxygens (including phenoxy) is 2. The molecule has 0 atom stereocenters. The van der Waals surface area contributed by atoms with Crippen molar-refractivity contribution in [3.05, 3.63) is 94.6 Å². The van der Waals surface area contributed by atoms with Crippen molar-refractivity contribution in [2.24, 2.45) is 0 Å². The Morgan fingerprint density at radius 3 is 1.89 bits per heavy atom. The third kappa shape index (κ3) is 5.02. The first-order chi connectivity index (χ1) is 13.6. The van der Waals surface area contributed by atoms with E-state index in [1.807, 2.05) is 30.3 Å². The number of halogens is 1. The first kappa shape index (κ1) is 19.7. The van der Waals surface area contributed by atoms with E-state index in [1.54, 1.807) is 50.6 Å². The minimum Gasteiger partial charge on any atom is -0.497 e. The molecule has 0 fully saturated rings. The Kier molecular flexibility index (Phi) is 6.50. The molecule has 0 saturated heterocycles. The van der Waals surface area contributed by atoms with E-state index in [9.17, 15) is 9.18 Å². The predicted octanol–water partition coefficient (Wildman–Crippen LogP) is 5.86. The number of carbonyl (C=O) groups excluding carboxylic acids is 1. The van der Waals surface area contributed by atoms with Gasteiger partial charge in [-0.25, -0.2) is 4.39 Å². The Hall–Kier alpha value is -3.05. The van der Waals surface area contributed by atoms with E-state index in [0.29, 0.717) is 16.2 Å². The lowest BCUT2D eigenvalue weighted by molar-refractivity contribution is 0.104. The van der Waals surface area contributed by atoms with Crippen LogP contribution >= 0.6 is 11.8 Å². The number of benzene rings is 3. The Morgan fingerprint density at radius 2 is 1.36 bits per heavy atom. The van der Waals surface area contributed by atoms with Crippen molar-refractivity contribution in [2.45, 2.75) is 4.90 Å². The number of Topliss-reactive ketones (excluding diaryl/α,β-unsaturated/α-hetero) is 1. The van der Waals surface area contributed by atoms with Gasteiger partial charge in [0.05, 0.1) is 19.1 Å². The van der Waals surface area contributed by atoms with Crippen molar-refractivity contribution in [1.82, 2.24) is 0 Å². The fourth-order valence-corrected chi connectivity index (χ4v) is 3.44. The zero-order valence-corrected chi connectivity index (χ0v) is 16.3. The summed E-state index contributed by atoms with van der Waals surface area (Å²) in [6, 6.07) is 20.5. The minimum absolute atomic E-state index is 0.118. The number of thioether (sulfide) groups is 1. The highest BCUT2D eigenvalue weighted by atomic mass is 32.2. The topological polar surface area (TPSA) is 35.5 Å². The molecule has 0 radical (unpaired) electrons. The summed E-state index contributed by atoms with van der Waals surface area (Å²) in [5, 5.41) is 0. The maximum Gasteiger partial charge on any atom is 0.199 e. The van der Waals surface area contributed by atoms with E-state index >= 15 is 0 Å². The molecule has 0 aromatic heterocycles. The molecule has 0 saturated carbocycles. The second kappa shape index (κ2) is 9.24. The van der Waals surface area contributed by atoms with Crippen LogP contribution in [0.3, 0.4) is 0 Å². The minimum atomic E-state index is -0.313. The summed E-state index contributed by atoms with van der Waals surface area (Å²) in [5.41, 5.74) is 1.42. The lowest BCUT2D eigenvalue weighted by Gasteiger charge is -2.09. The highest BCUT2D eigenvalue weighted by Gasteiger charge is 2.15. The van der Waals surface area contributed by atoms with Crippen LogP contribution in [0.1, 0.15) is 15.9 Å². The third-order valence-corrected chi connectivity index (χ3v) is 5.06. The maximum atomic E-state index is 13.2. The number of carbonyl (C=O) groups is 1. The van der Waals surface area contributed by atoms with E-state index in [0.717, 1.165) is 16.2 Å². The molecule has 0 spiro atoms. The van der Waals surface area contributed by atoms with Crippen LogP contribution in [0.25, 0.3) is 6.08 Å². The van der Waals surface area contributed by atoms with Crippen molar-refractivity contribution >= 4 is 23.6 Å². The number of hydrogen-bond donors (Lipinski definition) is 0. The fraction of sp³-hybridized carbons (Fsp3) is 0.0870. The number of rotatable bonds is 7. The molecular weight excluding hydrogens is 375 g/mol. The van der Waals surface area contributed by atoms with Crippen LogP contribution in [0.5, 0.6) is 11.5 Å². The van der Waals surface area contributed by atoms with Gasteiger partial charge in [-0.2, -0.15) is 0 Å². The normalized spacial score (nSPS) is 11.2. The number of allylic oxidation sites excluding steroid dienone is 1. The molecule has 28 heavy (non-hydrogen) atoms. The molecule has 3 rings (SSSR count). The molecule has 3 nitrogen and oxygen atoms in total. The lowest BCUT2D eigenvalue weighted by Crippen LogP contribution is -2.01. The van der Waals surface area contributed by atoms with Crippen molar-refractivity contribution in [3.63, 3.8) is 0 Å². The van der Waals surface area contributed by atoms with E-state index in [4.69, 9.17) is 9.47 Å². The quantitative estimate of drug-likeness (QED) is 0.286. The summed E-state index contributed by atoms with van der Waals surface area (Å²) in [6.07, 6.45) is 1.82. The van der Waals surface area contributed by atoms with Crippen molar-refractivity contribution in [1.29, 1.82) is 0 Å². The first-order valence-corrected chi connectivity index (χ1v) is 9.38. The molecule has 3 aromatic carbocycles. The molecule has 0 bridgehead atoms. The van der Waals surface area contributed by atoms with Crippen molar-refractivity contribution in [3.8, 4) is 11.5 Å². The number of methoxy groups -OCH3 is 2. The standard InChI is InChI=1S/C23H19FO3S/c1-26-19-9-3-16(4-10-19)15-22(28-21-13-7-18(24)8-14-21)23(25)17-5-11-20(27-2)12-6-17/h3-15H,1-2H3/b22-15+. The van der Waals surface area contributed by atoms with Crippen LogP contribution in [0.15, 0.2) is 82.6 Å². The van der Waals surface area contributed by atoms with Crippen LogP contribution in [-0.4, -0.2) is 20.0 Å². The molecule has 0 amide bonds. The third-order valence-electron chi connectivity index (χ3n) is 4.03. The van der Waals surface area contributed by atoms with E-state index < -0.39 is 0 Å². The second-order valence-electron chi connectivity index (χ2n) is 5.90. The van der Waals surface area contributed by atoms with Crippen LogP contribution in [0.2, 0.25) is 0 Å². The van der Waals surface area contributed by atoms with Gasteiger partial charge >= 0.3 is 0 Å². The average molecular weight is 394 g/mol. The van der Waals surface area contributed by atoms with Crippen LogP contribution < -0.4 is 9.47 Å². The first-order valence-electron chi connectivity index (χ1n) is 8.57. The Labute approximate surface area is 167 Å². The number of hydrogen-bond acceptors (Lipinski definition) is 4. The smallest absolute Gasteiger partial charge is 0.199 e. The molecule has 0 aliphatic carbocycles. The maximum absolute atomic E-state index is 13.2. The monoisotopic (exact) mass is 394 g/mol. The van der Waals surface area contributed by atoms with Gasteiger partial charge in [-0.05, 0) is 72.3 Å². The summed E-state index contributed by atoms with van der Waals surface area (Å²) in [6.45, 7) is 0. The van der Waals surface area contributed by atoms with Gasteiger partial charge in [-0.15, -0.1) is 0 Å². The molecule has 0 aliphatic heterocycles. The van der Waals surface area contributed by atoms with Crippen LogP contribution in [-0.2, 0) is 0 Å². The lowest BCUT2D eigenvalue weighted by atomic mass is 10.1. The SMILES string of the molecule is COc1ccc(/C=C(/Sc2ccc(F)cc2)C(=O)c2ccc(OC)cc2)cc1. The van der Waals surface area contributed by atoms with Crippen molar-refractivity contribution < 1.29 is 18.7 Å². The Morgan fingerprint density at radius 1 is 0.821 bits per heavy atom. The van der Waals surface area contributed by atoms with Gasteiger partial charge in [-0.3, -0.25) is 4.79 Å². The molecule has 3 aromatic rings. The Bertz CT molecular complexity index is 962. The predicted molar refractivity (Wildman–Crippen MR) is 111 cm³/mol. The summed E-state index contributed by atoms with van der Waals surface area (Å²) in [5.74, 6) is 0.995. The zero-order chi connectivity index (χ0) is 19.9. The van der Waals surface area contributed by atoms with E-state index in [1.165, 1.54) is 23.9 Å².